The molecule has 0 unspecified atom stereocenters. The van der Waals surface area contributed by atoms with Crippen LogP contribution in [0.3, 0.4) is 0 Å². The summed E-state index contributed by atoms with van der Waals surface area (Å²) in [6.07, 6.45) is 0.720. The molecule has 3 aromatic rings. The van der Waals surface area contributed by atoms with Gasteiger partial charge in [0, 0.05) is 18.9 Å². The molecule has 1 aromatic heterocycles. The molecular weight excluding hydrogens is 488 g/mol. The highest BCUT2D eigenvalue weighted by Gasteiger charge is 2.48. The van der Waals surface area contributed by atoms with E-state index in [4.69, 9.17) is 4.74 Å². The lowest BCUT2D eigenvalue weighted by Crippen LogP contribution is -2.29. The van der Waals surface area contributed by atoms with Gasteiger partial charge in [0.15, 0.2) is 10.9 Å². The molecule has 7 nitrogen and oxygen atoms in total. The van der Waals surface area contributed by atoms with Crippen LogP contribution < -0.4 is 9.64 Å². The summed E-state index contributed by atoms with van der Waals surface area (Å²) in [5, 5.41) is 11.7. The zero-order valence-electron chi connectivity index (χ0n) is 21.4. The van der Waals surface area contributed by atoms with Gasteiger partial charge in [0.25, 0.3) is 5.78 Å². The van der Waals surface area contributed by atoms with E-state index in [0.717, 1.165) is 28.2 Å². The maximum Gasteiger partial charge on any atom is 0.301 e. The third-order valence-corrected chi connectivity index (χ3v) is 8.10. The average molecular weight is 517 g/mol. The van der Waals surface area contributed by atoms with Crippen molar-refractivity contribution in [1.29, 1.82) is 0 Å². The van der Waals surface area contributed by atoms with Gasteiger partial charge in [-0.05, 0) is 54.7 Å². The van der Waals surface area contributed by atoms with E-state index in [1.807, 2.05) is 37.3 Å². The molecule has 3 heterocycles. The normalized spacial score (nSPS) is 20.4. The number of benzene rings is 2. The Labute approximate surface area is 219 Å². The van der Waals surface area contributed by atoms with E-state index in [9.17, 15) is 19.5 Å². The summed E-state index contributed by atoms with van der Waals surface area (Å²) < 4.78 is 5.77. The Morgan fingerprint density at radius 3 is 2.49 bits per heavy atom. The predicted molar refractivity (Wildman–Crippen MR) is 142 cm³/mol. The largest absolute Gasteiger partial charge is 0.507 e. The van der Waals surface area contributed by atoms with Crippen LogP contribution in [0.15, 0.2) is 48.0 Å². The summed E-state index contributed by atoms with van der Waals surface area (Å²) in [6, 6.07) is 12.1. The Hall–Kier alpha value is -3.78. The number of Topliss-reactive ketones (excluding diaryl/α,β-unsaturated/α-hetero) is 2. The number of fused-ring (bicyclic) bond motifs is 1. The van der Waals surface area contributed by atoms with Crippen LogP contribution >= 0.6 is 11.3 Å². The highest BCUT2D eigenvalue weighted by Crippen LogP contribution is 2.44. The molecule has 1 amide bonds. The summed E-state index contributed by atoms with van der Waals surface area (Å²) >= 11 is 1.07. The Morgan fingerprint density at radius 2 is 1.86 bits per heavy atom. The maximum absolute atomic E-state index is 13.5. The van der Waals surface area contributed by atoms with E-state index >= 15 is 0 Å². The second-order valence-electron chi connectivity index (χ2n) is 9.91. The number of carbonyl (C=O) groups is 3. The first-order chi connectivity index (χ1) is 17.6. The number of ketones is 2. The standard InChI is InChI=1S/C29H28N2O5S/c1-14(2)18-6-8-19(9-7-18)24-23(25(33)20-10-11-22-21(13-20)12-15(3)36-22)26(34)28(35)31(24)29-30-16(4)27(37-29)17(5)32/h6-11,13-15,24,33H,12H2,1-5H3/t15-,24+/m0/s1. The monoisotopic (exact) mass is 516 g/mol. The van der Waals surface area contributed by atoms with Crippen molar-refractivity contribution in [2.75, 3.05) is 4.90 Å². The van der Waals surface area contributed by atoms with E-state index in [2.05, 4.69) is 18.8 Å². The molecule has 37 heavy (non-hydrogen) atoms. The fraction of sp³-hybridized carbons (Fsp3) is 0.310. The van der Waals surface area contributed by atoms with Crippen molar-refractivity contribution in [3.63, 3.8) is 0 Å². The van der Waals surface area contributed by atoms with Crippen molar-refractivity contribution in [3.8, 4) is 5.75 Å². The zero-order valence-corrected chi connectivity index (χ0v) is 22.2. The third kappa shape index (κ3) is 4.25. The van der Waals surface area contributed by atoms with E-state index in [1.165, 1.54) is 11.8 Å². The summed E-state index contributed by atoms with van der Waals surface area (Å²) in [7, 11) is 0. The van der Waals surface area contributed by atoms with Crippen molar-refractivity contribution in [1.82, 2.24) is 4.98 Å². The van der Waals surface area contributed by atoms with E-state index < -0.39 is 17.7 Å². The first kappa shape index (κ1) is 24.9. The van der Waals surface area contributed by atoms with Crippen molar-refractivity contribution < 1.29 is 24.2 Å². The van der Waals surface area contributed by atoms with Crippen LogP contribution in [-0.2, 0) is 16.0 Å². The third-order valence-electron chi connectivity index (χ3n) is 6.84. The molecule has 5 rings (SSSR count). The van der Waals surface area contributed by atoms with Gasteiger partial charge in [0.1, 0.15) is 17.6 Å². The van der Waals surface area contributed by atoms with Crippen molar-refractivity contribution in [2.45, 2.75) is 59.1 Å². The highest BCUT2D eigenvalue weighted by molar-refractivity contribution is 7.18. The summed E-state index contributed by atoms with van der Waals surface area (Å²) in [6.45, 7) is 9.28. The lowest BCUT2D eigenvalue weighted by atomic mass is 9.93. The summed E-state index contributed by atoms with van der Waals surface area (Å²) in [4.78, 5) is 45.2. The Balaban J connectivity index is 1.69. The second kappa shape index (κ2) is 9.27. The van der Waals surface area contributed by atoms with Gasteiger partial charge >= 0.3 is 5.91 Å². The molecule has 0 bridgehead atoms. The smallest absolute Gasteiger partial charge is 0.301 e. The second-order valence-corrected chi connectivity index (χ2v) is 10.9. The maximum atomic E-state index is 13.5. The number of hydrogen-bond acceptors (Lipinski definition) is 7. The van der Waals surface area contributed by atoms with Gasteiger partial charge in [-0.2, -0.15) is 0 Å². The molecule has 190 valence electrons. The van der Waals surface area contributed by atoms with Gasteiger partial charge in [0.05, 0.1) is 22.2 Å². The topological polar surface area (TPSA) is 96.8 Å². The minimum Gasteiger partial charge on any atom is -0.507 e. The number of rotatable bonds is 5. The van der Waals surface area contributed by atoms with Crippen LogP contribution in [-0.4, -0.2) is 33.7 Å². The van der Waals surface area contributed by atoms with Crippen LogP contribution in [0, 0.1) is 6.92 Å². The van der Waals surface area contributed by atoms with Crippen molar-refractivity contribution in [3.05, 3.63) is 80.9 Å². The van der Waals surface area contributed by atoms with Crippen LogP contribution in [0.25, 0.3) is 5.76 Å². The molecule has 0 aliphatic carbocycles. The first-order valence-electron chi connectivity index (χ1n) is 12.3. The molecule has 2 aliphatic rings. The number of aliphatic hydroxyl groups excluding tert-OH is 1. The molecule has 2 atom stereocenters. The number of ether oxygens (including phenoxy) is 1. The molecule has 8 heteroatoms. The molecule has 1 saturated heterocycles. The van der Waals surface area contributed by atoms with Gasteiger partial charge < -0.3 is 9.84 Å². The fourth-order valence-corrected chi connectivity index (χ4v) is 5.93. The van der Waals surface area contributed by atoms with Crippen LogP contribution in [0.1, 0.15) is 77.3 Å². The number of thiazole rings is 1. The number of nitrogens with zero attached hydrogens (tertiary/aromatic N) is 2. The molecule has 1 N–H and O–H groups in total. The Bertz CT molecular complexity index is 1470. The molecule has 1 fully saturated rings. The zero-order chi connectivity index (χ0) is 26.6. The van der Waals surface area contributed by atoms with E-state index in [-0.39, 0.29) is 28.4 Å². The number of carbonyl (C=O) groups excluding carboxylic acids is 3. The number of aryl methyl sites for hydroxylation is 1. The fourth-order valence-electron chi connectivity index (χ4n) is 4.95. The van der Waals surface area contributed by atoms with Gasteiger partial charge in [-0.1, -0.05) is 49.4 Å². The minimum absolute atomic E-state index is 0.00793. The average Bonchev–Trinajstić information content (AvgIpc) is 3.50. The molecule has 0 radical (unpaired) electrons. The van der Waals surface area contributed by atoms with Gasteiger partial charge in [-0.3, -0.25) is 19.3 Å². The predicted octanol–water partition coefficient (Wildman–Crippen LogP) is 5.73. The first-order valence-corrected chi connectivity index (χ1v) is 13.1. The van der Waals surface area contributed by atoms with Crippen LogP contribution in [0.2, 0.25) is 0 Å². The highest BCUT2D eigenvalue weighted by atomic mass is 32.1. The molecule has 0 saturated carbocycles. The molecule has 0 spiro atoms. The van der Waals surface area contributed by atoms with Gasteiger partial charge in [-0.25, -0.2) is 4.98 Å². The molecular formula is C29H28N2O5S. The SMILES string of the molecule is CC(=O)c1sc(N2C(=O)C(=O)C(=C(O)c3ccc4c(c3)C[C@H](C)O4)[C@H]2c2ccc(C(C)C)cc2)nc1C. The number of aromatic nitrogens is 1. The number of hydrogen-bond donors (Lipinski definition) is 1. The van der Waals surface area contributed by atoms with E-state index in [1.54, 1.807) is 19.1 Å². The lowest BCUT2D eigenvalue weighted by molar-refractivity contribution is -0.132. The minimum atomic E-state index is -0.894. The van der Waals surface area contributed by atoms with Crippen molar-refractivity contribution in [2.24, 2.45) is 0 Å². The number of anilines is 1. The quantitative estimate of drug-likeness (QED) is 0.201. The lowest BCUT2D eigenvalue weighted by Gasteiger charge is -2.23. The van der Waals surface area contributed by atoms with Crippen LogP contribution in [0.4, 0.5) is 5.13 Å². The van der Waals surface area contributed by atoms with E-state index in [0.29, 0.717) is 34.0 Å². The van der Waals surface area contributed by atoms with Crippen molar-refractivity contribution >= 4 is 39.7 Å². The number of aliphatic hydroxyl groups is 1. The summed E-state index contributed by atoms with van der Waals surface area (Å²) in [5.74, 6) is -0.942. The van der Waals surface area contributed by atoms with Gasteiger partial charge in [-0.15, -0.1) is 0 Å². The molecule has 2 aliphatic heterocycles. The Kier molecular flexibility index (Phi) is 6.23. The number of amides is 1. The van der Waals surface area contributed by atoms with Gasteiger partial charge in [0.2, 0.25) is 0 Å². The molecule has 2 aromatic carbocycles. The van der Waals surface area contributed by atoms with Crippen LogP contribution in [0.5, 0.6) is 5.75 Å². The Morgan fingerprint density at radius 1 is 1.16 bits per heavy atom. The summed E-state index contributed by atoms with van der Waals surface area (Å²) in [5.41, 5.74) is 3.64.